The van der Waals surface area contributed by atoms with Gasteiger partial charge in [-0.15, -0.1) is 0 Å². The Balaban J connectivity index is 4.56. The quantitative estimate of drug-likeness (QED) is 0.453. The third-order valence-corrected chi connectivity index (χ3v) is 1.01. The lowest BCUT2D eigenvalue weighted by Crippen LogP contribution is -2.23. The topological polar surface area (TPSA) is 0 Å². The summed E-state index contributed by atoms with van der Waals surface area (Å²) in [6, 6.07) is 0. The molecule has 0 aromatic carbocycles. The molecule has 0 saturated carbocycles. The number of rotatable bonds is 3. The van der Waals surface area contributed by atoms with Crippen LogP contribution in [0.15, 0.2) is 24.6 Å². The predicted molar refractivity (Wildman–Crippen MR) is 30.3 cm³/mol. The van der Waals surface area contributed by atoms with Gasteiger partial charge >= 0.3 is 5.92 Å². The van der Waals surface area contributed by atoms with Crippen molar-refractivity contribution in [3.63, 3.8) is 0 Å². The predicted octanol–water partition coefficient (Wildman–Crippen LogP) is 2.93. The molecule has 0 aliphatic carbocycles. The third kappa shape index (κ3) is 2.03. The van der Waals surface area contributed by atoms with Crippen molar-refractivity contribution in [3.8, 4) is 0 Å². The maximum atomic E-state index is 12.1. The molecular weight excluding hydrogens is 167 g/mol. The van der Waals surface area contributed by atoms with Gasteiger partial charge in [-0.3, -0.25) is 0 Å². The highest BCUT2D eigenvalue weighted by Gasteiger charge is 2.41. The van der Waals surface area contributed by atoms with Gasteiger partial charge in [0.2, 0.25) is 0 Å². The molecule has 11 heavy (non-hydrogen) atoms. The van der Waals surface area contributed by atoms with E-state index in [1.807, 2.05) is 0 Å². The molecule has 0 N–H and O–H groups in total. The van der Waals surface area contributed by atoms with Crippen LogP contribution in [0.4, 0.5) is 22.0 Å². The Morgan fingerprint density at radius 2 is 1.55 bits per heavy atom. The molecule has 0 saturated heterocycles. The summed E-state index contributed by atoms with van der Waals surface area (Å²) in [4.78, 5) is 0. The van der Waals surface area contributed by atoms with Crippen molar-refractivity contribution in [2.75, 3.05) is 0 Å². The largest absolute Gasteiger partial charge is 0.324 e. The Morgan fingerprint density at radius 1 is 1.18 bits per heavy atom. The molecule has 0 spiro atoms. The number of alkyl halides is 4. The summed E-state index contributed by atoms with van der Waals surface area (Å²) in [6.07, 6.45) is -3.45. The summed E-state index contributed by atoms with van der Waals surface area (Å²) in [5.74, 6) is -6.45. The van der Waals surface area contributed by atoms with Crippen molar-refractivity contribution in [2.45, 2.75) is 12.3 Å². The van der Waals surface area contributed by atoms with Crippen LogP contribution >= 0.6 is 0 Å². The minimum Gasteiger partial charge on any atom is -0.205 e. The van der Waals surface area contributed by atoms with Gasteiger partial charge in [0, 0.05) is 0 Å². The highest BCUT2D eigenvalue weighted by atomic mass is 19.3. The zero-order chi connectivity index (χ0) is 9.23. The van der Waals surface area contributed by atoms with Gasteiger partial charge in [0.15, 0.2) is 5.83 Å². The van der Waals surface area contributed by atoms with Crippen LogP contribution in [0.25, 0.3) is 0 Å². The van der Waals surface area contributed by atoms with E-state index in [-0.39, 0.29) is 0 Å². The van der Waals surface area contributed by atoms with E-state index in [1.165, 1.54) is 0 Å². The molecule has 5 heteroatoms. The molecule has 0 aliphatic rings. The first-order valence-corrected chi connectivity index (χ1v) is 2.50. The number of allylic oxidation sites excluding steroid dienone is 2. The van der Waals surface area contributed by atoms with E-state index in [0.717, 1.165) is 0 Å². The van der Waals surface area contributed by atoms with Crippen LogP contribution in [0, 0.1) is 0 Å². The van der Waals surface area contributed by atoms with E-state index < -0.39 is 23.7 Å². The molecule has 0 fully saturated rings. The molecule has 0 aromatic heterocycles. The molecule has 0 unspecified atom stereocenters. The number of hydrogen-bond donors (Lipinski definition) is 0. The number of halogens is 5. The van der Waals surface area contributed by atoms with Gasteiger partial charge in [-0.1, -0.05) is 13.2 Å². The van der Waals surface area contributed by atoms with Crippen molar-refractivity contribution in [3.05, 3.63) is 24.6 Å². The third-order valence-electron chi connectivity index (χ3n) is 1.01. The van der Waals surface area contributed by atoms with Crippen LogP contribution in [-0.4, -0.2) is 12.3 Å². The zero-order valence-electron chi connectivity index (χ0n) is 5.38. The SMILES string of the molecule is C=C(F)C(F)(F)C(=C)C(F)F. The fourth-order valence-corrected chi connectivity index (χ4v) is 0.311. The van der Waals surface area contributed by atoms with Crippen molar-refractivity contribution < 1.29 is 22.0 Å². The van der Waals surface area contributed by atoms with Crippen LogP contribution in [0.1, 0.15) is 0 Å². The van der Waals surface area contributed by atoms with Gasteiger partial charge in [0.1, 0.15) is 0 Å². The minimum atomic E-state index is -4.33. The molecule has 0 amide bonds. The van der Waals surface area contributed by atoms with Crippen molar-refractivity contribution in [2.24, 2.45) is 0 Å². The van der Waals surface area contributed by atoms with Crippen LogP contribution in [0.5, 0.6) is 0 Å². The zero-order valence-corrected chi connectivity index (χ0v) is 5.38. The maximum absolute atomic E-state index is 12.1. The van der Waals surface area contributed by atoms with E-state index in [2.05, 4.69) is 13.2 Å². The van der Waals surface area contributed by atoms with Crippen molar-refractivity contribution >= 4 is 0 Å². The summed E-state index contributed by atoms with van der Waals surface area (Å²) >= 11 is 0. The lowest BCUT2D eigenvalue weighted by atomic mass is 10.1. The monoisotopic (exact) mass is 172 g/mol. The normalized spacial score (nSPS) is 11.8. The van der Waals surface area contributed by atoms with Gasteiger partial charge in [0.25, 0.3) is 6.43 Å². The average molecular weight is 172 g/mol. The minimum absolute atomic E-state index is 1.77. The summed E-state index contributed by atoms with van der Waals surface area (Å²) in [7, 11) is 0. The second-order valence-corrected chi connectivity index (χ2v) is 1.81. The summed E-state index contributed by atoms with van der Waals surface area (Å²) in [6.45, 7) is 4.57. The first-order chi connectivity index (χ1) is 4.80. The summed E-state index contributed by atoms with van der Waals surface area (Å²) in [5.41, 5.74) is -1.77. The van der Waals surface area contributed by atoms with E-state index >= 15 is 0 Å². The molecule has 0 bridgehead atoms. The van der Waals surface area contributed by atoms with Crippen LogP contribution in [0.2, 0.25) is 0 Å². The second-order valence-electron chi connectivity index (χ2n) is 1.81. The molecular formula is C6H5F5. The molecule has 0 radical (unpaired) electrons. The first-order valence-electron chi connectivity index (χ1n) is 2.50. The van der Waals surface area contributed by atoms with Gasteiger partial charge in [-0.25, -0.2) is 13.2 Å². The average Bonchev–Trinajstić information content (AvgIpc) is 1.85. The Hall–Kier alpha value is -0.870. The van der Waals surface area contributed by atoms with Gasteiger partial charge < -0.3 is 0 Å². The molecule has 64 valence electrons. The highest BCUT2D eigenvalue weighted by molar-refractivity contribution is 5.21. The van der Waals surface area contributed by atoms with Gasteiger partial charge in [-0.05, 0) is 0 Å². The Bertz CT molecular complexity index is 181. The smallest absolute Gasteiger partial charge is 0.205 e. The maximum Gasteiger partial charge on any atom is 0.324 e. The molecule has 0 nitrogen and oxygen atoms in total. The van der Waals surface area contributed by atoms with Crippen LogP contribution in [-0.2, 0) is 0 Å². The summed E-state index contributed by atoms with van der Waals surface area (Å²) in [5, 5.41) is 0. The highest BCUT2D eigenvalue weighted by Crippen LogP contribution is 2.34. The van der Waals surface area contributed by atoms with Crippen molar-refractivity contribution in [1.82, 2.24) is 0 Å². The Labute approximate surface area is 60.0 Å². The fourth-order valence-electron chi connectivity index (χ4n) is 0.311. The number of hydrogen-bond acceptors (Lipinski definition) is 0. The molecule has 0 aliphatic heterocycles. The fraction of sp³-hybridized carbons (Fsp3) is 0.333. The van der Waals surface area contributed by atoms with Crippen LogP contribution in [0.3, 0.4) is 0 Å². The van der Waals surface area contributed by atoms with Crippen molar-refractivity contribution in [1.29, 1.82) is 0 Å². The Morgan fingerprint density at radius 3 is 1.64 bits per heavy atom. The van der Waals surface area contributed by atoms with E-state index in [9.17, 15) is 22.0 Å². The lowest BCUT2D eigenvalue weighted by molar-refractivity contribution is 0.0234. The van der Waals surface area contributed by atoms with Gasteiger partial charge in [0.05, 0.1) is 5.57 Å². The Kier molecular flexibility index (Phi) is 2.78. The second kappa shape index (κ2) is 3.02. The van der Waals surface area contributed by atoms with Gasteiger partial charge in [-0.2, -0.15) is 8.78 Å². The van der Waals surface area contributed by atoms with Crippen LogP contribution < -0.4 is 0 Å². The van der Waals surface area contributed by atoms with E-state index in [0.29, 0.717) is 0 Å². The molecule has 0 rings (SSSR count). The molecule has 0 heterocycles. The molecule has 0 atom stereocenters. The van der Waals surface area contributed by atoms with E-state index in [1.54, 1.807) is 0 Å². The standard InChI is InChI=1S/C6H5F5/c1-3(5(8)9)6(10,11)4(2)7/h5H,1-2H2. The lowest BCUT2D eigenvalue weighted by Gasteiger charge is -2.14. The summed E-state index contributed by atoms with van der Waals surface area (Å²) < 4.78 is 59.0. The first kappa shape index (κ1) is 10.1. The van der Waals surface area contributed by atoms with E-state index in [4.69, 9.17) is 0 Å². The molecule has 0 aromatic rings.